The number of rotatable bonds is 10. The van der Waals surface area contributed by atoms with Crippen molar-refractivity contribution in [1.82, 2.24) is 5.32 Å². The summed E-state index contributed by atoms with van der Waals surface area (Å²) in [6.45, 7) is -0.433. The predicted molar refractivity (Wildman–Crippen MR) is 93.9 cm³/mol. The first-order chi connectivity index (χ1) is 12.3. The van der Waals surface area contributed by atoms with Crippen molar-refractivity contribution in [1.29, 1.82) is 0 Å². The smallest absolute Gasteiger partial charge is 0.408 e. The third-order valence-corrected chi connectivity index (χ3v) is 3.99. The number of hydrogen-bond donors (Lipinski definition) is 2. The SMILES string of the molecule is COc1cc(COC(=O)N[C@H](CCSC)C(=O)O)c([N+](=O)[O-])cc1OC. The summed E-state index contributed by atoms with van der Waals surface area (Å²) < 4.78 is 15.0. The highest BCUT2D eigenvalue weighted by molar-refractivity contribution is 7.98. The first kappa shape index (κ1) is 21.4. The fourth-order valence-electron chi connectivity index (χ4n) is 2.02. The van der Waals surface area contributed by atoms with Crippen LogP contribution in [0.15, 0.2) is 12.1 Å². The molecule has 1 rings (SSSR count). The van der Waals surface area contributed by atoms with Gasteiger partial charge >= 0.3 is 12.1 Å². The molecule has 26 heavy (non-hydrogen) atoms. The molecule has 0 aromatic heterocycles. The molecule has 0 aliphatic rings. The molecule has 0 radical (unpaired) electrons. The lowest BCUT2D eigenvalue weighted by Gasteiger charge is -2.14. The molecule has 0 fully saturated rings. The van der Waals surface area contributed by atoms with Crippen LogP contribution in [-0.4, -0.2) is 54.4 Å². The monoisotopic (exact) mass is 388 g/mol. The number of nitro benzene ring substituents is 1. The number of hydrogen-bond acceptors (Lipinski definition) is 8. The van der Waals surface area contributed by atoms with Gasteiger partial charge in [-0.25, -0.2) is 9.59 Å². The molecule has 1 atom stereocenters. The van der Waals surface area contributed by atoms with E-state index in [1.54, 1.807) is 0 Å². The van der Waals surface area contributed by atoms with E-state index in [4.69, 9.17) is 19.3 Å². The maximum absolute atomic E-state index is 11.8. The van der Waals surface area contributed by atoms with Crippen molar-refractivity contribution < 1.29 is 33.8 Å². The molecular formula is C15H20N2O8S. The minimum Gasteiger partial charge on any atom is -0.493 e. The predicted octanol–water partition coefficient (Wildman–Crippen LogP) is 2.04. The van der Waals surface area contributed by atoms with Gasteiger partial charge in [-0.05, 0) is 24.5 Å². The molecule has 10 nitrogen and oxygen atoms in total. The molecule has 1 aromatic carbocycles. The van der Waals surface area contributed by atoms with Crippen LogP contribution in [0.25, 0.3) is 0 Å². The van der Waals surface area contributed by atoms with E-state index in [9.17, 15) is 19.7 Å². The second kappa shape index (κ2) is 10.3. The van der Waals surface area contributed by atoms with E-state index >= 15 is 0 Å². The summed E-state index contributed by atoms with van der Waals surface area (Å²) in [5, 5.41) is 22.5. The number of benzene rings is 1. The molecule has 0 heterocycles. The average molecular weight is 388 g/mol. The number of carboxylic acids is 1. The molecule has 1 amide bonds. The summed E-state index contributed by atoms with van der Waals surface area (Å²) in [6.07, 6.45) is 1.05. The van der Waals surface area contributed by atoms with Crippen LogP contribution < -0.4 is 14.8 Å². The van der Waals surface area contributed by atoms with Gasteiger partial charge in [0.05, 0.1) is 30.8 Å². The zero-order chi connectivity index (χ0) is 19.7. The van der Waals surface area contributed by atoms with Gasteiger partial charge < -0.3 is 24.6 Å². The Labute approximate surface area is 153 Å². The topological polar surface area (TPSA) is 137 Å². The van der Waals surface area contributed by atoms with E-state index in [-0.39, 0.29) is 29.2 Å². The average Bonchev–Trinajstić information content (AvgIpc) is 2.62. The fourth-order valence-corrected chi connectivity index (χ4v) is 2.49. The summed E-state index contributed by atoms with van der Waals surface area (Å²) in [4.78, 5) is 33.5. The minimum absolute atomic E-state index is 0.0822. The number of aliphatic carboxylic acids is 1. The van der Waals surface area contributed by atoms with Gasteiger partial charge in [0.1, 0.15) is 12.6 Å². The van der Waals surface area contributed by atoms with Crippen molar-refractivity contribution in [3.05, 3.63) is 27.8 Å². The molecule has 0 saturated carbocycles. The highest BCUT2D eigenvalue weighted by Gasteiger charge is 2.23. The molecule has 0 saturated heterocycles. The van der Waals surface area contributed by atoms with Crippen LogP contribution in [0.4, 0.5) is 10.5 Å². The fraction of sp³-hybridized carbons (Fsp3) is 0.467. The molecule has 0 unspecified atom stereocenters. The van der Waals surface area contributed by atoms with Crippen molar-refractivity contribution >= 4 is 29.5 Å². The van der Waals surface area contributed by atoms with Crippen LogP contribution in [0.3, 0.4) is 0 Å². The Balaban J connectivity index is 2.86. The van der Waals surface area contributed by atoms with Crippen LogP contribution in [-0.2, 0) is 16.1 Å². The van der Waals surface area contributed by atoms with Gasteiger partial charge in [0, 0.05) is 0 Å². The van der Waals surface area contributed by atoms with Crippen LogP contribution in [0, 0.1) is 10.1 Å². The van der Waals surface area contributed by atoms with Gasteiger partial charge in [-0.1, -0.05) is 0 Å². The first-order valence-corrected chi connectivity index (χ1v) is 8.77. The number of methoxy groups -OCH3 is 2. The maximum atomic E-state index is 11.8. The minimum atomic E-state index is -1.19. The molecule has 1 aromatic rings. The third-order valence-electron chi connectivity index (χ3n) is 3.34. The van der Waals surface area contributed by atoms with Crippen molar-refractivity contribution in [2.45, 2.75) is 19.1 Å². The van der Waals surface area contributed by atoms with E-state index in [1.165, 1.54) is 32.0 Å². The van der Waals surface area contributed by atoms with Crippen molar-refractivity contribution in [3.63, 3.8) is 0 Å². The third kappa shape index (κ3) is 5.99. The summed E-state index contributed by atoms with van der Waals surface area (Å²) in [6, 6.07) is 1.39. The van der Waals surface area contributed by atoms with Gasteiger partial charge in [0.2, 0.25) is 0 Å². The van der Waals surface area contributed by atoms with E-state index in [0.717, 1.165) is 6.07 Å². The largest absolute Gasteiger partial charge is 0.493 e. The summed E-state index contributed by atoms with van der Waals surface area (Å²) >= 11 is 1.44. The molecule has 0 aliphatic heterocycles. The number of amides is 1. The summed E-state index contributed by atoms with van der Waals surface area (Å²) in [7, 11) is 2.70. The van der Waals surface area contributed by atoms with Crippen LogP contribution >= 0.6 is 11.8 Å². The lowest BCUT2D eigenvalue weighted by atomic mass is 10.1. The zero-order valence-electron chi connectivity index (χ0n) is 14.5. The Kier molecular flexibility index (Phi) is 8.49. The molecular weight excluding hydrogens is 368 g/mol. The van der Waals surface area contributed by atoms with E-state index in [1.807, 2.05) is 6.26 Å². The number of thioether (sulfide) groups is 1. The first-order valence-electron chi connectivity index (χ1n) is 7.38. The zero-order valence-corrected chi connectivity index (χ0v) is 15.3. The molecule has 11 heteroatoms. The summed E-state index contributed by atoms with van der Waals surface area (Å²) in [5.41, 5.74) is -0.230. The standard InChI is InChI=1S/C15H20N2O8S/c1-23-12-6-9(11(17(21)22)7-13(12)24-2)8-25-15(20)16-10(14(18)19)4-5-26-3/h6-7,10H,4-5,8H2,1-3H3,(H,16,20)(H,18,19)/t10-/m1/s1. The quantitative estimate of drug-likeness (QED) is 0.455. The lowest BCUT2D eigenvalue weighted by Crippen LogP contribution is -2.41. The van der Waals surface area contributed by atoms with Gasteiger partial charge in [-0.2, -0.15) is 11.8 Å². The van der Waals surface area contributed by atoms with Crippen molar-refractivity contribution in [2.75, 3.05) is 26.2 Å². The highest BCUT2D eigenvalue weighted by atomic mass is 32.2. The normalized spacial score (nSPS) is 11.3. The van der Waals surface area contributed by atoms with E-state index < -0.39 is 29.6 Å². The maximum Gasteiger partial charge on any atom is 0.408 e. The number of carbonyl (C=O) groups excluding carboxylic acids is 1. The Bertz CT molecular complexity index is 667. The number of carbonyl (C=O) groups is 2. The van der Waals surface area contributed by atoms with Gasteiger partial charge in [0.15, 0.2) is 11.5 Å². The highest BCUT2D eigenvalue weighted by Crippen LogP contribution is 2.34. The number of nitrogens with zero attached hydrogens (tertiary/aromatic N) is 1. The van der Waals surface area contributed by atoms with Crippen LogP contribution in [0.2, 0.25) is 0 Å². The molecule has 2 N–H and O–H groups in total. The molecule has 0 spiro atoms. The van der Waals surface area contributed by atoms with Gasteiger partial charge in [-0.15, -0.1) is 0 Å². The Morgan fingerprint density at radius 2 is 1.92 bits per heavy atom. The molecule has 0 aliphatic carbocycles. The Morgan fingerprint density at radius 3 is 2.42 bits per heavy atom. The van der Waals surface area contributed by atoms with Crippen molar-refractivity contribution in [2.24, 2.45) is 0 Å². The summed E-state index contributed by atoms with van der Waals surface area (Å²) in [5.74, 6) is -0.248. The molecule has 0 bridgehead atoms. The second-order valence-electron chi connectivity index (χ2n) is 4.99. The van der Waals surface area contributed by atoms with Gasteiger partial charge in [-0.3, -0.25) is 10.1 Å². The second-order valence-corrected chi connectivity index (χ2v) is 5.97. The van der Waals surface area contributed by atoms with Gasteiger partial charge in [0.25, 0.3) is 5.69 Å². The Morgan fingerprint density at radius 1 is 1.31 bits per heavy atom. The van der Waals surface area contributed by atoms with Crippen molar-refractivity contribution in [3.8, 4) is 11.5 Å². The lowest BCUT2D eigenvalue weighted by molar-refractivity contribution is -0.385. The van der Waals surface area contributed by atoms with Crippen LogP contribution in [0.1, 0.15) is 12.0 Å². The van der Waals surface area contributed by atoms with Crippen LogP contribution in [0.5, 0.6) is 11.5 Å². The van der Waals surface area contributed by atoms with E-state index in [0.29, 0.717) is 5.75 Å². The number of nitro groups is 1. The van der Waals surface area contributed by atoms with E-state index in [2.05, 4.69) is 5.32 Å². The number of carboxylic acid groups (broad SMARTS) is 1. The number of ether oxygens (including phenoxy) is 3. The molecule has 144 valence electrons. The number of nitrogens with one attached hydrogen (secondary N) is 1. The number of alkyl carbamates (subject to hydrolysis) is 1. The Hall–Kier alpha value is -2.69.